The van der Waals surface area contributed by atoms with Gasteiger partial charge in [-0.3, -0.25) is 4.79 Å². The van der Waals surface area contributed by atoms with Crippen LogP contribution in [0.2, 0.25) is 5.02 Å². The lowest BCUT2D eigenvalue weighted by Crippen LogP contribution is -2.40. The van der Waals surface area contributed by atoms with Crippen LogP contribution in [-0.4, -0.2) is 42.6 Å². The molecule has 0 aromatic heterocycles. The number of carbonyl (C=O) groups is 1. The average molecular weight is 404 g/mol. The Hall–Kier alpha value is -1.77. The molecule has 0 radical (unpaired) electrons. The summed E-state index contributed by atoms with van der Waals surface area (Å²) >= 11 is 6.09. The molecule has 0 unspecified atom stereocenters. The molecule has 5 nitrogen and oxygen atoms in total. The number of piperidine rings is 1. The number of nitrogens with one attached hydrogen (secondary N) is 1. The molecule has 3 rings (SSSR count). The van der Waals surface area contributed by atoms with Gasteiger partial charge in [0.25, 0.3) is 0 Å². The fourth-order valence-corrected chi connectivity index (χ4v) is 4.60. The Labute approximate surface area is 173 Å². The van der Waals surface area contributed by atoms with E-state index in [1.165, 1.54) is 19.3 Å². The summed E-state index contributed by atoms with van der Waals surface area (Å²) in [6.45, 7) is 4.82. The van der Waals surface area contributed by atoms with Crippen LogP contribution in [0.3, 0.4) is 0 Å². The Kier molecular flexibility index (Phi) is 7.58. The first-order valence-corrected chi connectivity index (χ1v) is 10.8. The van der Waals surface area contributed by atoms with E-state index in [2.05, 4.69) is 16.3 Å². The van der Waals surface area contributed by atoms with Crippen LogP contribution >= 0.6 is 11.6 Å². The van der Waals surface area contributed by atoms with Crippen LogP contribution in [0.25, 0.3) is 0 Å². The van der Waals surface area contributed by atoms with Crippen molar-refractivity contribution >= 4 is 17.5 Å². The lowest BCUT2D eigenvalue weighted by atomic mass is 9.84. The zero-order valence-electron chi connectivity index (χ0n) is 16.6. The zero-order valence-corrected chi connectivity index (χ0v) is 17.4. The van der Waals surface area contributed by atoms with Crippen molar-refractivity contribution in [2.75, 3.05) is 19.6 Å². The molecule has 1 saturated carbocycles. The maximum absolute atomic E-state index is 11.2. The molecule has 0 atom stereocenters. The summed E-state index contributed by atoms with van der Waals surface area (Å²) in [6, 6.07) is 7.90. The molecule has 1 saturated heterocycles. The quantitative estimate of drug-likeness (QED) is 0.775. The van der Waals surface area contributed by atoms with E-state index in [0.29, 0.717) is 22.4 Å². The maximum atomic E-state index is 11.2. The summed E-state index contributed by atoms with van der Waals surface area (Å²) in [5, 5.41) is 12.8. The van der Waals surface area contributed by atoms with Crippen molar-refractivity contribution in [3.05, 3.63) is 28.8 Å². The SMILES string of the molecule is CC(=O)NC1CCC(CCN2CCC(Oc3cccc(Cl)c3C#N)CC2)CC1. The summed E-state index contributed by atoms with van der Waals surface area (Å²) in [6.07, 6.45) is 8.01. The minimum Gasteiger partial charge on any atom is -0.489 e. The van der Waals surface area contributed by atoms with Crippen LogP contribution in [0.15, 0.2) is 18.2 Å². The van der Waals surface area contributed by atoms with Gasteiger partial charge in [0.15, 0.2) is 0 Å². The topological polar surface area (TPSA) is 65.4 Å². The molecule has 6 heteroatoms. The Bertz CT molecular complexity index is 702. The molecular weight excluding hydrogens is 374 g/mol. The highest BCUT2D eigenvalue weighted by Crippen LogP contribution is 2.29. The number of halogens is 1. The van der Waals surface area contributed by atoms with Crippen LogP contribution in [0.5, 0.6) is 5.75 Å². The van der Waals surface area contributed by atoms with E-state index in [9.17, 15) is 10.1 Å². The summed E-state index contributed by atoms with van der Waals surface area (Å²) in [4.78, 5) is 13.7. The number of likely N-dealkylation sites (tertiary alicyclic amines) is 1. The minimum absolute atomic E-state index is 0.0909. The second-order valence-electron chi connectivity index (χ2n) is 8.09. The second kappa shape index (κ2) is 10.1. The molecule has 28 heavy (non-hydrogen) atoms. The van der Waals surface area contributed by atoms with E-state index in [1.54, 1.807) is 13.0 Å². The number of nitrogens with zero attached hydrogens (tertiary/aromatic N) is 2. The van der Waals surface area contributed by atoms with Gasteiger partial charge < -0.3 is 15.0 Å². The third-order valence-electron chi connectivity index (χ3n) is 6.02. The van der Waals surface area contributed by atoms with Gasteiger partial charge >= 0.3 is 0 Å². The minimum atomic E-state index is 0.0909. The van der Waals surface area contributed by atoms with Gasteiger partial charge in [0, 0.05) is 26.1 Å². The second-order valence-corrected chi connectivity index (χ2v) is 8.50. The van der Waals surface area contributed by atoms with Crippen molar-refractivity contribution in [3.63, 3.8) is 0 Å². The van der Waals surface area contributed by atoms with Crippen molar-refractivity contribution in [3.8, 4) is 11.8 Å². The normalized spacial score (nSPS) is 23.8. The van der Waals surface area contributed by atoms with E-state index in [4.69, 9.17) is 16.3 Å². The summed E-state index contributed by atoms with van der Waals surface area (Å²) in [7, 11) is 0. The highest BCUT2D eigenvalue weighted by atomic mass is 35.5. The third kappa shape index (κ3) is 5.86. The van der Waals surface area contributed by atoms with Crippen molar-refractivity contribution in [2.45, 2.75) is 64.0 Å². The molecule has 152 valence electrons. The molecule has 1 aliphatic heterocycles. The first-order valence-electron chi connectivity index (χ1n) is 10.4. The Balaban J connectivity index is 1.37. The fraction of sp³-hybridized carbons (Fsp3) is 0.636. The van der Waals surface area contributed by atoms with Gasteiger partial charge in [-0.25, -0.2) is 0 Å². The molecule has 1 heterocycles. The van der Waals surface area contributed by atoms with Crippen LogP contribution in [0.1, 0.15) is 57.4 Å². The van der Waals surface area contributed by atoms with Gasteiger partial charge in [-0.05, 0) is 69.5 Å². The monoisotopic (exact) mass is 403 g/mol. The summed E-state index contributed by atoms with van der Waals surface area (Å²) in [5.41, 5.74) is 0.432. The first-order chi connectivity index (χ1) is 13.5. The third-order valence-corrected chi connectivity index (χ3v) is 6.34. The number of amides is 1. The molecule has 1 aromatic rings. The number of carbonyl (C=O) groups excluding carboxylic acids is 1. The molecular formula is C22H30ClN3O2. The number of hydrogen-bond acceptors (Lipinski definition) is 4. The molecule has 0 spiro atoms. The van der Waals surface area contributed by atoms with Crippen LogP contribution in [0.4, 0.5) is 0 Å². The van der Waals surface area contributed by atoms with Gasteiger partial charge in [-0.2, -0.15) is 5.26 Å². The van der Waals surface area contributed by atoms with Crippen molar-refractivity contribution < 1.29 is 9.53 Å². The van der Waals surface area contributed by atoms with E-state index < -0.39 is 0 Å². The molecule has 1 amide bonds. The van der Waals surface area contributed by atoms with Gasteiger partial charge in [0.05, 0.1) is 5.02 Å². The number of benzene rings is 1. The number of hydrogen-bond donors (Lipinski definition) is 1. The lowest BCUT2D eigenvalue weighted by Gasteiger charge is -2.34. The van der Waals surface area contributed by atoms with Gasteiger partial charge in [-0.1, -0.05) is 17.7 Å². The van der Waals surface area contributed by atoms with Crippen molar-refractivity contribution in [1.29, 1.82) is 5.26 Å². The smallest absolute Gasteiger partial charge is 0.217 e. The molecule has 2 fully saturated rings. The molecule has 2 aliphatic rings. The summed E-state index contributed by atoms with van der Waals surface area (Å²) in [5.74, 6) is 1.47. The first kappa shape index (κ1) is 21.0. The predicted molar refractivity (Wildman–Crippen MR) is 110 cm³/mol. The van der Waals surface area contributed by atoms with Crippen LogP contribution < -0.4 is 10.1 Å². The van der Waals surface area contributed by atoms with Gasteiger partial charge in [-0.15, -0.1) is 0 Å². The van der Waals surface area contributed by atoms with E-state index >= 15 is 0 Å². The highest BCUT2D eigenvalue weighted by molar-refractivity contribution is 6.31. The predicted octanol–water partition coefficient (Wildman–Crippen LogP) is 4.14. The molecule has 1 aromatic carbocycles. The van der Waals surface area contributed by atoms with Gasteiger partial charge in [0.2, 0.25) is 5.91 Å². The lowest BCUT2D eigenvalue weighted by molar-refractivity contribution is -0.119. The maximum Gasteiger partial charge on any atom is 0.217 e. The largest absolute Gasteiger partial charge is 0.489 e. The van der Waals surface area contributed by atoms with E-state index in [-0.39, 0.29) is 12.0 Å². The average Bonchev–Trinajstić information content (AvgIpc) is 2.68. The molecule has 1 N–H and O–H groups in total. The Morgan fingerprint density at radius 1 is 1.25 bits per heavy atom. The van der Waals surface area contributed by atoms with Crippen molar-refractivity contribution in [1.82, 2.24) is 10.2 Å². The molecule has 0 bridgehead atoms. The number of rotatable bonds is 6. The van der Waals surface area contributed by atoms with Crippen LogP contribution in [0, 0.1) is 17.2 Å². The zero-order chi connectivity index (χ0) is 19.9. The van der Waals surface area contributed by atoms with Crippen molar-refractivity contribution in [2.24, 2.45) is 5.92 Å². The summed E-state index contributed by atoms with van der Waals surface area (Å²) < 4.78 is 6.08. The Morgan fingerprint density at radius 3 is 2.61 bits per heavy atom. The standard InChI is InChI=1S/C22H30ClN3O2/c1-16(27)25-18-7-5-17(6-8-18)9-12-26-13-10-19(11-14-26)28-22-4-2-3-21(23)20(22)15-24/h2-4,17-19H,5-14H2,1H3,(H,25,27). The number of nitriles is 1. The highest BCUT2D eigenvalue weighted by Gasteiger charge is 2.25. The van der Waals surface area contributed by atoms with E-state index in [1.807, 2.05) is 12.1 Å². The van der Waals surface area contributed by atoms with Crippen LogP contribution in [-0.2, 0) is 4.79 Å². The number of ether oxygens (including phenoxy) is 1. The Morgan fingerprint density at radius 2 is 1.96 bits per heavy atom. The molecule has 1 aliphatic carbocycles. The van der Waals surface area contributed by atoms with Gasteiger partial charge in [0.1, 0.15) is 23.5 Å². The fourth-order valence-electron chi connectivity index (χ4n) is 4.39. The van der Waals surface area contributed by atoms with E-state index in [0.717, 1.165) is 51.2 Å².